The van der Waals surface area contributed by atoms with Crippen LogP contribution in [0.3, 0.4) is 0 Å². The summed E-state index contributed by atoms with van der Waals surface area (Å²) < 4.78 is 18.4. The number of hydrogen-bond donors (Lipinski definition) is 2. The molecule has 2 N–H and O–H groups in total. The Morgan fingerprint density at radius 1 is 1.53 bits per heavy atom. The van der Waals surface area contributed by atoms with Gasteiger partial charge in [-0.3, -0.25) is 4.79 Å². The van der Waals surface area contributed by atoms with Crippen molar-refractivity contribution in [3.8, 4) is 11.8 Å². The van der Waals surface area contributed by atoms with Crippen molar-refractivity contribution in [2.24, 2.45) is 0 Å². The average Bonchev–Trinajstić information content (AvgIpc) is 2.38. The quantitative estimate of drug-likeness (QED) is 0.720. The SMILES string of the molecule is CNCc1cc(F)ccc1OCC(=O)NCCC#N. The lowest BCUT2D eigenvalue weighted by Crippen LogP contribution is -2.29. The molecule has 6 heteroatoms. The van der Waals surface area contributed by atoms with Crippen LogP contribution in [0.25, 0.3) is 0 Å². The van der Waals surface area contributed by atoms with Crippen molar-refractivity contribution in [1.29, 1.82) is 5.26 Å². The predicted molar refractivity (Wildman–Crippen MR) is 67.9 cm³/mol. The second-order valence-corrected chi connectivity index (χ2v) is 3.83. The van der Waals surface area contributed by atoms with E-state index in [4.69, 9.17) is 10.00 Å². The summed E-state index contributed by atoms with van der Waals surface area (Å²) >= 11 is 0. The second-order valence-electron chi connectivity index (χ2n) is 3.83. The van der Waals surface area contributed by atoms with Crippen molar-refractivity contribution >= 4 is 5.91 Å². The minimum atomic E-state index is -0.351. The van der Waals surface area contributed by atoms with E-state index in [0.717, 1.165) is 0 Å². The van der Waals surface area contributed by atoms with Crippen LogP contribution in [-0.2, 0) is 11.3 Å². The predicted octanol–water partition coefficient (Wildman–Crippen LogP) is 0.954. The number of rotatable bonds is 7. The molecule has 0 aromatic heterocycles. The molecule has 0 aliphatic carbocycles. The van der Waals surface area contributed by atoms with E-state index < -0.39 is 0 Å². The first-order chi connectivity index (χ1) is 9.17. The van der Waals surface area contributed by atoms with Gasteiger partial charge >= 0.3 is 0 Å². The van der Waals surface area contributed by atoms with Crippen molar-refractivity contribution in [1.82, 2.24) is 10.6 Å². The van der Waals surface area contributed by atoms with Crippen LogP contribution >= 0.6 is 0 Å². The van der Waals surface area contributed by atoms with Crippen molar-refractivity contribution in [3.05, 3.63) is 29.6 Å². The molecule has 19 heavy (non-hydrogen) atoms. The number of amides is 1. The van der Waals surface area contributed by atoms with Gasteiger partial charge in [0.15, 0.2) is 6.61 Å². The Morgan fingerprint density at radius 3 is 3.00 bits per heavy atom. The fraction of sp³-hybridized carbons (Fsp3) is 0.385. The van der Waals surface area contributed by atoms with E-state index in [1.807, 2.05) is 6.07 Å². The molecule has 1 rings (SSSR count). The molecule has 0 saturated heterocycles. The van der Waals surface area contributed by atoms with Crippen LogP contribution in [0.1, 0.15) is 12.0 Å². The van der Waals surface area contributed by atoms with Crippen LogP contribution in [-0.4, -0.2) is 26.1 Å². The van der Waals surface area contributed by atoms with Gasteiger partial charge in [0.05, 0.1) is 12.5 Å². The molecule has 1 aromatic rings. The molecule has 0 fully saturated rings. The number of ether oxygens (including phenoxy) is 1. The Labute approximate surface area is 111 Å². The van der Waals surface area contributed by atoms with E-state index in [9.17, 15) is 9.18 Å². The Kier molecular flexibility index (Phi) is 6.33. The van der Waals surface area contributed by atoms with Gasteiger partial charge in [-0.1, -0.05) is 0 Å². The second kappa shape index (κ2) is 8.06. The molecule has 0 aliphatic rings. The highest BCUT2D eigenvalue weighted by molar-refractivity contribution is 5.77. The number of nitrogens with one attached hydrogen (secondary N) is 2. The lowest BCUT2D eigenvalue weighted by Gasteiger charge is -2.11. The number of nitriles is 1. The molecule has 1 amide bonds. The Balaban J connectivity index is 2.52. The molecular weight excluding hydrogens is 249 g/mol. The third-order valence-corrected chi connectivity index (χ3v) is 2.31. The van der Waals surface area contributed by atoms with Gasteiger partial charge in [-0.25, -0.2) is 4.39 Å². The van der Waals surface area contributed by atoms with Crippen molar-refractivity contribution in [2.45, 2.75) is 13.0 Å². The zero-order valence-corrected chi connectivity index (χ0v) is 10.7. The van der Waals surface area contributed by atoms with Gasteiger partial charge in [0.2, 0.25) is 0 Å². The minimum Gasteiger partial charge on any atom is -0.483 e. The summed E-state index contributed by atoms with van der Waals surface area (Å²) in [5.74, 6) is -0.197. The largest absolute Gasteiger partial charge is 0.483 e. The molecule has 0 bridgehead atoms. The van der Waals surface area contributed by atoms with Crippen LogP contribution in [0.2, 0.25) is 0 Å². The molecule has 0 aliphatic heterocycles. The number of nitrogens with zero attached hydrogens (tertiary/aromatic N) is 1. The number of hydrogen-bond acceptors (Lipinski definition) is 4. The normalized spacial score (nSPS) is 9.74. The van der Waals surface area contributed by atoms with Gasteiger partial charge in [0.25, 0.3) is 5.91 Å². The zero-order chi connectivity index (χ0) is 14.1. The van der Waals surface area contributed by atoms with E-state index in [1.165, 1.54) is 18.2 Å². The van der Waals surface area contributed by atoms with Crippen LogP contribution in [0.5, 0.6) is 5.75 Å². The first kappa shape index (κ1) is 14.9. The standard InChI is InChI=1S/C13H16FN3O2/c1-16-8-10-7-11(14)3-4-12(10)19-9-13(18)17-6-2-5-15/h3-4,7,16H,2,6,8-9H2,1H3,(H,17,18). The summed E-state index contributed by atoms with van der Waals surface area (Å²) in [5, 5.41) is 13.8. The lowest BCUT2D eigenvalue weighted by molar-refractivity contribution is -0.123. The third-order valence-electron chi connectivity index (χ3n) is 2.31. The van der Waals surface area contributed by atoms with E-state index >= 15 is 0 Å². The van der Waals surface area contributed by atoms with Crippen molar-refractivity contribution in [3.63, 3.8) is 0 Å². The maximum absolute atomic E-state index is 13.1. The topological polar surface area (TPSA) is 74.2 Å². The Morgan fingerprint density at radius 2 is 2.32 bits per heavy atom. The maximum Gasteiger partial charge on any atom is 0.257 e. The summed E-state index contributed by atoms with van der Waals surface area (Å²) in [5.41, 5.74) is 0.646. The van der Waals surface area contributed by atoms with Crippen LogP contribution in [0.4, 0.5) is 4.39 Å². The Hall–Kier alpha value is -2.13. The Bertz CT molecular complexity index is 471. The third kappa shape index (κ3) is 5.36. The molecule has 0 unspecified atom stereocenters. The first-order valence-electron chi connectivity index (χ1n) is 5.87. The first-order valence-corrected chi connectivity index (χ1v) is 5.87. The monoisotopic (exact) mass is 265 g/mol. The summed E-state index contributed by atoms with van der Waals surface area (Å²) in [6.45, 7) is 0.586. The van der Waals surface area contributed by atoms with E-state index in [-0.39, 0.29) is 24.8 Å². The number of carbonyl (C=O) groups excluding carboxylic acids is 1. The summed E-state index contributed by atoms with van der Waals surface area (Å²) in [6, 6.07) is 6.05. The molecule has 102 valence electrons. The highest BCUT2D eigenvalue weighted by Gasteiger charge is 2.07. The lowest BCUT2D eigenvalue weighted by atomic mass is 10.2. The van der Waals surface area contributed by atoms with E-state index in [0.29, 0.717) is 24.4 Å². The minimum absolute atomic E-state index is 0.159. The number of carbonyl (C=O) groups is 1. The van der Waals surface area contributed by atoms with Crippen LogP contribution in [0, 0.1) is 17.1 Å². The molecule has 0 heterocycles. The number of benzene rings is 1. The summed E-state index contributed by atoms with van der Waals surface area (Å²) in [7, 11) is 1.74. The highest BCUT2D eigenvalue weighted by atomic mass is 19.1. The maximum atomic E-state index is 13.1. The van der Waals surface area contributed by atoms with Crippen molar-refractivity contribution in [2.75, 3.05) is 20.2 Å². The highest BCUT2D eigenvalue weighted by Crippen LogP contribution is 2.19. The number of halogens is 1. The fourth-order valence-electron chi connectivity index (χ4n) is 1.47. The van der Waals surface area contributed by atoms with Gasteiger partial charge < -0.3 is 15.4 Å². The van der Waals surface area contributed by atoms with Crippen molar-refractivity contribution < 1.29 is 13.9 Å². The van der Waals surface area contributed by atoms with Gasteiger partial charge in [-0.05, 0) is 25.2 Å². The van der Waals surface area contributed by atoms with E-state index in [2.05, 4.69) is 10.6 Å². The van der Waals surface area contributed by atoms with Crippen LogP contribution in [0.15, 0.2) is 18.2 Å². The van der Waals surface area contributed by atoms with Gasteiger partial charge in [0, 0.05) is 18.7 Å². The molecule has 0 saturated carbocycles. The molecule has 0 radical (unpaired) electrons. The molecular formula is C13H16FN3O2. The zero-order valence-electron chi connectivity index (χ0n) is 10.7. The fourth-order valence-corrected chi connectivity index (χ4v) is 1.47. The average molecular weight is 265 g/mol. The molecule has 5 nitrogen and oxygen atoms in total. The summed E-state index contributed by atoms with van der Waals surface area (Å²) in [6.07, 6.45) is 0.257. The van der Waals surface area contributed by atoms with E-state index in [1.54, 1.807) is 7.05 Å². The summed E-state index contributed by atoms with van der Waals surface area (Å²) in [4.78, 5) is 11.4. The molecule has 1 aromatic carbocycles. The smallest absolute Gasteiger partial charge is 0.257 e. The van der Waals surface area contributed by atoms with Gasteiger partial charge in [-0.15, -0.1) is 0 Å². The van der Waals surface area contributed by atoms with Gasteiger partial charge in [0.1, 0.15) is 11.6 Å². The molecule has 0 atom stereocenters. The van der Waals surface area contributed by atoms with Gasteiger partial charge in [-0.2, -0.15) is 5.26 Å². The molecule has 0 spiro atoms. The van der Waals surface area contributed by atoms with Crippen LogP contribution < -0.4 is 15.4 Å².